The second-order valence-corrected chi connectivity index (χ2v) is 4.89. The average Bonchev–Trinajstić information content (AvgIpc) is 2.95. The van der Waals surface area contributed by atoms with Gasteiger partial charge in [-0.05, 0) is 23.1 Å². The van der Waals surface area contributed by atoms with Crippen LogP contribution < -0.4 is 5.32 Å². The van der Waals surface area contributed by atoms with Crippen molar-refractivity contribution in [3.05, 3.63) is 76.0 Å². The number of nitrogens with one attached hydrogen (secondary N) is 2. The van der Waals surface area contributed by atoms with E-state index in [4.69, 9.17) is 0 Å². The molecule has 0 amide bonds. The first-order valence-corrected chi connectivity index (χ1v) is 6.73. The topological polar surface area (TPSA) is 71.0 Å². The number of nitro benzene ring substituents is 1. The molecule has 5 heteroatoms. The lowest BCUT2D eigenvalue weighted by Gasteiger charge is -2.06. The Bertz CT molecular complexity index is 780. The van der Waals surface area contributed by atoms with Crippen LogP contribution in [0, 0.1) is 10.1 Å². The second kappa shape index (κ2) is 5.76. The Balaban J connectivity index is 1.67. The van der Waals surface area contributed by atoms with Crippen molar-refractivity contribution in [3.63, 3.8) is 0 Å². The van der Waals surface area contributed by atoms with Crippen molar-refractivity contribution >= 4 is 16.6 Å². The van der Waals surface area contributed by atoms with E-state index >= 15 is 0 Å². The number of H-pyrrole nitrogens is 1. The van der Waals surface area contributed by atoms with Gasteiger partial charge >= 0.3 is 0 Å². The predicted octanol–water partition coefficient (Wildman–Crippen LogP) is 3.37. The van der Waals surface area contributed by atoms with Gasteiger partial charge in [0.05, 0.1) is 4.92 Å². The zero-order chi connectivity index (χ0) is 14.7. The molecule has 5 nitrogen and oxygen atoms in total. The number of nitrogens with zero attached hydrogens (tertiary/aromatic N) is 1. The van der Waals surface area contributed by atoms with Crippen molar-refractivity contribution in [3.8, 4) is 0 Å². The fourth-order valence-corrected chi connectivity index (χ4v) is 2.38. The van der Waals surface area contributed by atoms with E-state index in [1.165, 1.54) is 11.5 Å². The Morgan fingerprint density at radius 3 is 2.81 bits per heavy atom. The summed E-state index contributed by atoms with van der Waals surface area (Å²) in [6, 6.07) is 15.0. The van der Waals surface area contributed by atoms with E-state index in [2.05, 4.69) is 28.5 Å². The average molecular weight is 281 g/mol. The molecule has 0 spiro atoms. The fourth-order valence-electron chi connectivity index (χ4n) is 2.38. The summed E-state index contributed by atoms with van der Waals surface area (Å²) >= 11 is 0. The Kier molecular flexibility index (Phi) is 3.66. The Morgan fingerprint density at radius 1 is 1.10 bits per heavy atom. The first-order valence-electron chi connectivity index (χ1n) is 6.73. The lowest BCUT2D eigenvalue weighted by atomic mass is 10.1. The van der Waals surface area contributed by atoms with Crippen LogP contribution in [0.25, 0.3) is 10.9 Å². The maximum atomic E-state index is 10.9. The monoisotopic (exact) mass is 281 g/mol. The standard InChI is InChI=1S/C16H15N3O2/c20-19(21)16-4-2-1-3-14(16)11-17-10-12-5-6-13-7-8-18-15(13)9-12/h1-9,17-18H,10-11H2. The van der Waals surface area contributed by atoms with Crippen LogP contribution in [0.5, 0.6) is 0 Å². The van der Waals surface area contributed by atoms with Gasteiger partial charge in [-0.15, -0.1) is 0 Å². The van der Waals surface area contributed by atoms with E-state index in [0.717, 1.165) is 11.1 Å². The zero-order valence-electron chi connectivity index (χ0n) is 11.4. The highest BCUT2D eigenvalue weighted by Gasteiger charge is 2.11. The summed E-state index contributed by atoms with van der Waals surface area (Å²) in [4.78, 5) is 13.8. The van der Waals surface area contributed by atoms with Crippen LogP contribution in [-0.2, 0) is 13.1 Å². The smallest absolute Gasteiger partial charge is 0.273 e. The summed E-state index contributed by atoms with van der Waals surface area (Å²) in [6.45, 7) is 1.14. The molecule has 2 aromatic carbocycles. The van der Waals surface area contributed by atoms with Crippen molar-refractivity contribution in [2.24, 2.45) is 0 Å². The highest BCUT2D eigenvalue weighted by molar-refractivity contribution is 5.79. The molecule has 1 aromatic heterocycles. The number of aromatic amines is 1. The van der Waals surface area contributed by atoms with E-state index in [-0.39, 0.29) is 10.6 Å². The third-order valence-corrected chi connectivity index (χ3v) is 3.45. The maximum Gasteiger partial charge on any atom is 0.273 e. The van der Waals surface area contributed by atoms with E-state index in [1.54, 1.807) is 12.1 Å². The lowest BCUT2D eigenvalue weighted by Crippen LogP contribution is -2.13. The number of aromatic nitrogens is 1. The highest BCUT2D eigenvalue weighted by Crippen LogP contribution is 2.18. The molecule has 0 aliphatic rings. The van der Waals surface area contributed by atoms with Gasteiger partial charge in [-0.1, -0.05) is 30.3 Å². The van der Waals surface area contributed by atoms with Gasteiger partial charge in [0.2, 0.25) is 0 Å². The molecule has 0 radical (unpaired) electrons. The van der Waals surface area contributed by atoms with E-state index in [1.807, 2.05) is 18.3 Å². The highest BCUT2D eigenvalue weighted by atomic mass is 16.6. The molecule has 0 aliphatic carbocycles. The number of benzene rings is 2. The van der Waals surface area contributed by atoms with E-state index in [9.17, 15) is 10.1 Å². The molecule has 1 heterocycles. The Morgan fingerprint density at radius 2 is 1.95 bits per heavy atom. The molecule has 3 aromatic rings. The number of hydrogen-bond donors (Lipinski definition) is 2. The quantitative estimate of drug-likeness (QED) is 0.556. The van der Waals surface area contributed by atoms with Crippen LogP contribution >= 0.6 is 0 Å². The van der Waals surface area contributed by atoms with Crippen molar-refractivity contribution < 1.29 is 4.92 Å². The molecule has 0 atom stereocenters. The number of para-hydroxylation sites is 1. The molecule has 21 heavy (non-hydrogen) atoms. The number of rotatable bonds is 5. The van der Waals surface area contributed by atoms with Crippen LogP contribution in [0.15, 0.2) is 54.7 Å². The molecular formula is C16H15N3O2. The summed E-state index contributed by atoms with van der Waals surface area (Å²) in [6.07, 6.45) is 1.91. The summed E-state index contributed by atoms with van der Waals surface area (Å²) in [7, 11) is 0. The SMILES string of the molecule is O=[N+]([O-])c1ccccc1CNCc1ccc2cc[nH]c2c1. The largest absolute Gasteiger partial charge is 0.361 e. The van der Waals surface area contributed by atoms with Crippen molar-refractivity contribution in [2.75, 3.05) is 0 Å². The zero-order valence-corrected chi connectivity index (χ0v) is 11.4. The van der Waals surface area contributed by atoms with E-state index < -0.39 is 0 Å². The summed E-state index contributed by atoms with van der Waals surface area (Å²) < 4.78 is 0. The number of nitro groups is 1. The van der Waals surface area contributed by atoms with Crippen LogP contribution in [0.1, 0.15) is 11.1 Å². The third-order valence-electron chi connectivity index (χ3n) is 3.45. The van der Waals surface area contributed by atoms with Gasteiger partial charge in [0.15, 0.2) is 0 Å². The van der Waals surface area contributed by atoms with Gasteiger partial charge in [-0.2, -0.15) is 0 Å². The molecule has 0 fully saturated rings. The molecule has 0 aliphatic heterocycles. The van der Waals surface area contributed by atoms with Crippen molar-refractivity contribution in [1.82, 2.24) is 10.3 Å². The molecule has 0 saturated carbocycles. The summed E-state index contributed by atoms with van der Waals surface area (Å²) in [5.74, 6) is 0. The minimum absolute atomic E-state index is 0.157. The molecular weight excluding hydrogens is 266 g/mol. The van der Waals surface area contributed by atoms with Crippen LogP contribution in [0.2, 0.25) is 0 Å². The van der Waals surface area contributed by atoms with Gasteiger partial charge < -0.3 is 10.3 Å². The minimum atomic E-state index is -0.345. The van der Waals surface area contributed by atoms with Gasteiger partial charge in [0, 0.05) is 36.4 Å². The summed E-state index contributed by atoms with van der Waals surface area (Å²) in [5, 5.41) is 15.4. The van der Waals surface area contributed by atoms with E-state index in [0.29, 0.717) is 18.7 Å². The van der Waals surface area contributed by atoms with Crippen molar-refractivity contribution in [2.45, 2.75) is 13.1 Å². The fraction of sp³-hybridized carbons (Fsp3) is 0.125. The van der Waals surface area contributed by atoms with Gasteiger partial charge in [0.1, 0.15) is 0 Å². The molecule has 106 valence electrons. The first kappa shape index (κ1) is 13.3. The predicted molar refractivity (Wildman–Crippen MR) is 81.9 cm³/mol. The van der Waals surface area contributed by atoms with Gasteiger partial charge in [-0.3, -0.25) is 10.1 Å². The minimum Gasteiger partial charge on any atom is -0.361 e. The first-order chi connectivity index (χ1) is 10.2. The Hall–Kier alpha value is -2.66. The number of hydrogen-bond acceptors (Lipinski definition) is 3. The summed E-state index contributed by atoms with van der Waals surface area (Å²) in [5.41, 5.74) is 3.09. The Labute approximate surface area is 121 Å². The van der Waals surface area contributed by atoms with Crippen molar-refractivity contribution in [1.29, 1.82) is 0 Å². The van der Waals surface area contributed by atoms with Crippen LogP contribution in [0.3, 0.4) is 0 Å². The van der Waals surface area contributed by atoms with Gasteiger partial charge in [0.25, 0.3) is 5.69 Å². The lowest BCUT2D eigenvalue weighted by molar-refractivity contribution is -0.385. The molecule has 3 rings (SSSR count). The third kappa shape index (κ3) is 2.93. The molecule has 0 saturated heterocycles. The second-order valence-electron chi connectivity index (χ2n) is 4.89. The molecule has 2 N–H and O–H groups in total. The molecule has 0 bridgehead atoms. The van der Waals surface area contributed by atoms with Gasteiger partial charge in [-0.25, -0.2) is 0 Å². The molecule has 0 unspecified atom stereocenters. The number of fused-ring (bicyclic) bond motifs is 1. The normalized spacial score (nSPS) is 10.9. The maximum absolute atomic E-state index is 10.9. The van der Waals surface area contributed by atoms with Crippen LogP contribution in [-0.4, -0.2) is 9.91 Å². The van der Waals surface area contributed by atoms with Crippen LogP contribution in [0.4, 0.5) is 5.69 Å².